The van der Waals surface area contributed by atoms with Crippen molar-refractivity contribution in [2.24, 2.45) is 5.92 Å². The number of carbonyl (C=O) groups excluding carboxylic acids is 1. The van der Waals surface area contributed by atoms with Gasteiger partial charge in [0.05, 0.1) is 29.2 Å². The van der Waals surface area contributed by atoms with Gasteiger partial charge in [0.25, 0.3) is 0 Å². The molecule has 0 bridgehead atoms. The molecule has 1 aliphatic heterocycles. The Bertz CT molecular complexity index is 991. The Labute approximate surface area is 164 Å². The molecule has 0 aromatic carbocycles. The third-order valence-corrected chi connectivity index (χ3v) is 5.27. The number of aryl methyl sites for hydroxylation is 2. The zero-order valence-corrected chi connectivity index (χ0v) is 16.2. The maximum absolute atomic E-state index is 12.6. The zero-order valence-electron chi connectivity index (χ0n) is 16.2. The second-order valence-electron chi connectivity index (χ2n) is 7.29. The lowest BCUT2D eigenvalue weighted by molar-refractivity contribution is -0.125. The van der Waals surface area contributed by atoms with Crippen LogP contribution in [0.2, 0.25) is 0 Å². The summed E-state index contributed by atoms with van der Waals surface area (Å²) in [7, 11) is 0. The molecular weight excluding hydrogens is 352 g/mol. The number of carbonyl (C=O) groups is 1. The smallest absolute Gasteiger partial charge is 0.225 e. The molecule has 1 fully saturated rings. The van der Waals surface area contributed by atoms with Crippen LogP contribution in [0.4, 0.5) is 5.69 Å². The van der Waals surface area contributed by atoms with E-state index in [1.54, 1.807) is 12.4 Å². The third kappa shape index (κ3) is 3.93. The van der Waals surface area contributed by atoms with E-state index in [0.717, 1.165) is 47.5 Å². The number of fused-ring (bicyclic) bond motifs is 1. The fourth-order valence-corrected chi connectivity index (χ4v) is 3.54. The normalized spacial score (nSPS) is 16.9. The van der Waals surface area contributed by atoms with Crippen LogP contribution in [-0.2, 0) is 11.3 Å². The molecule has 3 aromatic heterocycles. The highest BCUT2D eigenvalue weighted by atomic mass is 16.1. The van der Waals surface area contributed by atoms with Crippen molar-refractivity contribution in [3.8, 4) is 0 Å². The number of hydrogen-bond acceptors (Lipinski definition) is 6. The van der Waals surface area contributed by atoms with Gasteiger partial charge in [-0.05, 0) is 44.4 Å². The minimum Gasteiger partial charge on any atom is -0.369 e. The maximum Gasteiger partial charge on any atom is 0.225 e. The molecule has 0 spiro atoms. The van der Waals surface area contributed by atoms with Crippen molar-refractivity contribution < 1.29 is 4.79 Å². The van der Waals surface area contributed by atoms with Crippen molar-refractivity contribution in [1.29, 1.82) is 0 Å². The summed E-state index contributed by atoms with van der Waals surface area (Å²) >= 11 is 0. The first-order chi connectivity index (χ1) is 13.6. The first-order valence-electron chi connectivity index (χ1n) is 9.63. The fourth-order valence-electron chi connectivity index (χ4n) is 3.54. The zero-order chi connectivity index (χ0) is 19.5. The average Bonchev–Trinajstić information content (AvgIpc) is 2.73. The van der Waals surface area contributed by atoms with Gasteiger partial charge in [-0.2, -0.15) is 0 Å². The molecule has 0 saturated carbocycles. The Morgan fingerprint density at radius 2 is 2.11 bits per heavy atom. The van der Waals surface area contributed by atoms with E-state index in [4.69, 9.17) is 0 Å². The van der Waals surface area contributed by atoms with E-state index in [1.807, 2.05) is 38.2 Å². The molecule has 4 rings (SSSR count). The number of aromatic nitrogens is 4. The Morgan fingerprint density at radius 1 is 1.25 bits per heavy atom. The lowest BCUT2D eigenvalue weighted by atomic mass is 9.96. The van der Waals surface area contributed by atoms with Gasteiger partial charge in [-0.3, -0.25) is 9.78 Å². The first-order valence-corrected chi connectivity index (χ1v) is 9.63. The van der Waals surface area contributed by atoms with Crippen molar-refractivity contribution in [1.82, 2.24) is 25.3 Å². The summed E-state index contributed by atoms with van der Waals surface area (Å²) < 4.78 is 0. The Morgan fingerprint density at radius 3 is 2.93 bits per heavy atom. The van der Waals surface area contributed by atoms with Crippen LogP contribution in [-0.4, -0.2) is 38.9 Å². The van der Waals surface area contributed by atoms with Crippen LogP contribution in [0.3, 0.4) is 0 Å². The van der Waals surface area contributed by atoms with Gasteiger partial charge in [-0.1, -0.05) is 6.07 Å². The van der Waals surface area contributed by atoms with Crippen molar-refractivity contribution >= 4 is 22.8 Å². The monoisotopic (exact) mass is 376 g/mol. The van der Waals surface area contributed by atoms with E-state index in [1.165, 1.54) is 0 Å². The minimum atomic E-state index is -0.0352. The highest BCUT2D eigenvalue weighted by Crippen LogP contribution is 2.25. The van der Waals surface area contributed by atoms with Crippen molar-refractivity contribution in [2.45, 2.75) is 33.2 Å². The van der Waals surface area contributed by atoms with Crippen LogP contribution in [0.5, 0.6) is 0 Å². The number of hydrogen-bond donors (Lipinski definition) is 1. The number of piperidine rings is 1. The third-order valence-electron chi connectivity index (χ3n) is 5.27. The van der Waals surface area contributed by atoms with E-state index < -0.39 is 0 Å². The largest absolute Gasteiger partial charge is 0.369 e. The van der Waals surface area contributed by atoms with Gasteiger partial charge in [0.1, 0.15) is 5.52 Å². The summed E-state index contributed by atoms with van der Waals surface area (Å²) in [6.45, 7) is 6.01. The molecule has 7 heteroatoms. The molecular formula is C21H24N6O. The molecule has 1 N–H and O–H groups in total. The quantitative estimate of drug-likeness (QED) is 0.753. The van der Waals surface area contributed by atoms with Gasteiger partial charge in [0.15, 0.2) is 5.65 Å². The molecule has 7 nitrogen and oxygen atoms in total. The second kappa shape index (κ2) is 7.88. The van der Waals surface area contributed by atoms with Gasteiger partial charge < -0.3 is 10.2 Å². The van der Waals surface area contributed by atoms with Gasteiger partial charge in [-0.25, -0.2) is 15.0 Å². The number of rotatable bonds is 4. The average molecular weight is 376 g/mol. The Balaban J connectivity index is 1.45. The Hall–Kier alpha value is -3.09. The molecule has 1 aliphatic rings. The summed E-state index contributed by atoms with van der Waals surface area (Å²) in [6.07, 6.45) is 7.21. The lowest BCUT2D eigenvalue weighted by Crippen LogP contribution is -2.43. The summed E-state index contributed by atoms with van der Waals surface area (Å²) in [5.74, 6) is 0.0560. The van der Waals surface area contributed by atoms with Gasteiger partial charge in [-0.15, -0.1) is 0 Å². The van der Waals surface area contributed by atoms with Crippen LogP contribution < -0.4 is 10.2 Å². The fraction of sp³-hybridized carbons (Fsp3) is 0.381. The summed E-state index contributed by atoms with van der Waals surface area (Å²) in [5, 5.41) is 3.04. The molecule has 1 atom stereocenters. The maximum atomic E-state index is 12.6. The topological polar surface area (TPSA) is 83.9 Å². The summed E-state index contributed by atoms with van der Waals surface area (Å²) in [4.78, 5) is 32.5. The van der Waals surface area contributed by atoms with E-state index in [0.29, 0.717) is 18.7 Å². The minimum absolute atomic E-state index is 0.0352. The van der Waals surface area contributed by atoms with Gasteiger partial charge in [0.2, 0.25) is 5.91 Å². The molecule has 1 amide bonds. The van der Waals surface area contributed by atoms with Gasteiger partial charge in [0, 0.05) is 32.0 Å². The van der Waals surface area contributed by atoms with Crippen LogP contribution in [0.15, 0.2) is 36.8 Å². The second-order valence-corrected chi connectivity index (χ2v) is 7.29. The molecule has 28 heavy (non-hydrogen) atoms. The summed E-state index contributed by atoms with van der Waals surface area (Å²) in [5.41, 5.74) is 5.27. The highest BCUT2D eigenvalue weighted by molar-refractivity contribution is 5.80. The standard InChI is InChI=1S/C21H24N6O/c1-14-15(2)26-20-19(25-14)9-18(12-23-20)27-8-4-6-17(13-27)21(28)24-11-16-5-3-7-22-10-16/h3,5,7,9-10,12,17H,4,6,8,11,13H2,1-2H3,(H,24,28)/t17-/m1/s1. The molecule has 0 radical (unpaired) electrons. The number of pyridine rings is 2. The van der Waals surface area contributed by atoms with Gasteiger partial charge >= 0.3 is 0 Å². The molecule has 1 saturated heterocycles. The van der Waals surface area contributed by atoms with Crippen LogP contribution in [0.25, 0.3) is 11.2 Å². The van der Waals surface area contributed by atoms with E-state index in [9.17, 15) is 4.79 Å². The van der Waals surface area contributed by atoms with Crippen molar-refractivity contribution in [3.05, 3.63) is 53.7 Å². The van der Waals surface area contributed by atoms with Crippen LogP contribution in [0.1, 0.15) is 29.8 Å². The molecule has 4 heterocycles. The van der Waals surface area contributed by atoms with E-state index in [-0.39, 0.29) is 11.8 Å². The highest BCUT2D eigenvalue weighted by Gasteiger charge is 2.26. The SMILES string of the molecule is Cc1nc2cc(N3CCC[C@@H](C(=O)NCc4cccnc4)C3)cnc2nc1C. The predicted octanol–water partition coefficient (Wildman–Crippen LogP) is 2.57. The van der Waals surface area contributed by atoms with Crippen molar-refractivity contribution in [3.63, 3.8) is 0 Å². The number of amides is 1. The Kier molecular flexibility index (Phi) is 5.14. The molecule has 0 unspecified atom stereocenters. The van der Waals surface area contributed by atoms with Crippen LogP contribution >= 0.6 is 0 Å². The first kappa shape index (κ1) is 18.3. The predicted molar refractivity (Wildman–Crippen MR) is 108 cm³/mol. The van der Waals surface area contributed by atoms with E-state index >= 15 is 0 Å². The number of nitrogens with zero attached hydrogens (tertiary/aromatic N) is 5. The number of nitrogens with one attached hydrogen (secondary N) is 1. The number of anilines is 1. The van der Waals surface area contributed by atoms with Crippen LogP contribution in [0, 0.1) is 19.8 Å². The van der Waals surface area contributed by atoms with E-state index in [2.05, 4.69) is 30.2 Å². The molecule has 144 valence electrons. The summed E-state index contributed by atoms with van der Waals surface area (Å²) in [6, 6.07) is 5.87. The van der Waals surface area contributed by atoms with Crippen molar-refractivity contribution in [2.75, 3.05) is 18.0 Å². The molecule has 3 aromatic rings. The lowest BCUT2D eigenvalue weighted by Gasteiger charge is -2.33. The molecule has 0 aliphatic carbocycles.